The normalized spacial score (nSPS) is 17.0. The summed E-state index contributed by atoms with van der Waals surface area (Å²) in [6.45, 7) is 4.26. The van der Waals surface area contributed by atoms with Crippen molar-refractivity contribution in [3.63, 3.8) is 0 Å². The van der Waals surface area contributed by atoms with Crippen molar-refractivity contribution < 1.29 is 33.9 Å². The van der Waals surface area contributed by atoms with Crippen LogP contribution < -0.4 is 10.6 Å². The van der Waals surface area contributed by atoms with E-state index in [9.17, 15) is 24.3 Å². The van der Waals surface area contributed by atoms with E-state index in [0.29, 0.717) is 5.13 Å². The molecule has 3 aromatic carbocycles. The highest BCUT2D eigenvalue weighted by Gasteiger charge is 2.54. The minimum absolute atomic E-state index is 0.0833. The summed E-state index contributed by atoms with van der Waals surface area (Å²) in [6.07, 6.45) is 0. The second kappa shape index (κ2) is 16.5. The molecule has 3 heterocycles. The molecule has 1 unspecified atom stereocenters. The predicted molar refractivity (Wildman–Crippen MR) is 207 cm³/mol. The fourth-order valence-corrected chi connectivity index (χ4v) is 8.32. The van der Waals surface area contributed by atoms with Gasteiger partial charge in [-0.15, -0.1) is 23.1 Å². The Bertz CT molecular complexity index is 2090. The first kappa shape index (κ1) is 38.6. The molecule has 0 aliphatic carbocycles. The van der Waals surface area contributed by atoms with Gasteiger partial charge in [0.25, 0.3) is 11.8 Å². The van der Waals surface area contributed by atoms with Crippen molar-refractivity contribution in [3.8, 4) is 0 Å². The van der Waals surface area contributed by atoms with E-state index in [1.165, 1.54) is 23.1 Å². The first-order chi connectivity index (χ1) is 26.4. The molecule has 2 aliphatic heterocycles. The van der Waals surface area contributed by atoms with Crippen LogP contribution in [0.2, 0.25) is 0 Å². The van der Waals surface area contributed by atoms with E-state index in [2.05, 4.69) is 25.8 Å². The van der Waals surface area contributed by atoms with Gasteiger partial charge in [-0.25, -0.2) is 14.6 Å². The smallest absolute Gasteiger partial charge is 0.352 e. The lowest BCUT2D eigenvalue weighted by Crippen LogP contribution is -2.71. The zero-order chi connectivity index (χ0) is 39.2. The average Bonchev–Trinajstić information content (AvgIpc) is 3.64. The number of carbonyl (C=O) groups excluding carboxylic acids is 3. The van der Waals surface area contributed by atoms with Crippen molar-refractivity contribution in [2.75, 3.05) is 24.2 Å². The Morgan fingerprint density at radius 3 is 2.09 bits per heavy atom. The molecule has 15 nitrogen and oxygen atoms in total. The number of aromatic nitrogens is 1. The molecule has 3 N–H and O–H groups in total. The first-order valence-electron chi connectivity index (χ1n) is 17.0. The summed E-state index contributed by atoms with van der Waals surface area (Å²) >= 11 is 2.42. The number of thiazole rings is 1. The third-order valence-electron chi connectivity index (χ3n) is 8.50. The zero-order valence-corrected chi connectivity index (χ0v) is 31.5. The van der Waals surface area contributed by atoms with Crippen molar-refractivity contribution >= 4 is 57.7 Å². The number of thioether (sulfide) groups is 1. The number of rotatable bonds is 14. The highest BCUT2D eigenvalue weighted by molar-refractivity contribution is 8.00. The molecular weight excluding hydrogens is 745 g/mol. The number of hydrogen-bond acceptors (Lipinski definition) is 12. The van der Waals surface area contributed by atoms with Gasteiger partial charge in [0.2, 0.25) is 6.61 Å². The van der Waals surface area contributed by atoms with Gasteiger partial charge in [-0.05, 0) is 48.6 Å². The Morgan fingerprint density at radius 2 is 1.56 bits per heavy atom. The van der Waals surface area contributed by atoms with Crippen LogP contribution in [0.1, 0.15) is 43.2 Å². The second-order valence-electron chi connectivity index (χ2n) is 13.3. The number of hydrogen-bond donors (Lipinski definition) is 3. The van der Waals surface area contributed by atoms with Crippen LogP contribution in [0, 0.1) is 0 Å². The number of benzene rings is 3. The van der Waals surface area contributed by atoms with Crippen molar-refractivity contribution in [1.29, 1.82) is 0 Å². The average molecular weight is 781 g/mol. The Labute approximate surface area is 324 Å². The highest BCUT2D eigenvalue weighted by Crippen LogP contribution is 2.42. The van der Waals surface area contributed by atoms with Crippen LogP contribution in [0.3, 0.4) is 0 Å². The van der Waals surface area contributed by atoms with Gasteiger partial charge in [0.1, 0.15) is 33.9 Å². The lowest BCUT2D eigenvalue weighted by Gasteiger charge is -2.49. The Kier molecular flexibility index (Phi) is 11.5. The van der Waals surface area contributed by atoms with Crippen LogP contribution in [0.5, 0.6) is 0 Å². The standard InChI is InChI=1S/C38H36N8O7S2/c1-37(2,3)53-28(47)20-52-44-29(32(48)42-30-33(49)46-31(35(50)51)23(19-40-45-39)21-54-34(30)46)27-22-55-36(41-27)43-38(24-13-7-4-8-14-24,25-15-9-5-10-16-25)26-17-11-6-12-18-26/h4-18,22,30,34H,19-21H2,1-3H3,(H,41,43)(H,42,48)(H,50,51)/t30?,34-/m0/s1. The summed E-state index contributed by atoms with van der Waals surface area (Å²) in [5.41, 5.74) is 9.54. The lowest BCUT2D eigenvalue weighted by atomic mass is 9.77. The number of nitrogens with one attached hydrogen (secondary N) is 2. The monoisotopic (exact) mass is 780 g/mol. The molecule has 0 saturated carbocycles. The van der Waals surface area contributed by atoms with Gasteiger partial charge in [-0.3, -0.25) is 14.5 Å². The molecule has 17 heteroatoms. The molecule has 55 heavy (non-hydrogen) atoms. The van der Waals surface area contributed by atoms with E-state index in [-0.39, 0.29) is 35.0 Å². The number of aliphatic carboxylic acids is 1. The van der Waals surface area contributed by atoms with Crippen LogP contribution in [-0.4, -0.2) is 80.4 Å². The molecule has 1 saturated heterocycles. The fraction of sp³-hybridized carbons (Fsp3) is 0.263. The highest BCUT2D eigenvalue weighted by atomic mass is 32.2. The van der Waals surface area contributed by atoms with E-state index in [4.69, 9.17) is 20.1 Å². The number of oxime groups is 1. The maximum Gasteiger partial charge on any atom is 0.352 e. The molecule has 2 aliphatic rings. The number of nitrogens with zero attached hydrogens (tertiary/aromatic N) is 6. The molecule has 282 valence electrons. The number of anilines is 1. The second-order valence-corrected chi connectivity index (χ2v) is 15.3. The Morgan fingerprint density at radius 1 is 0.982 bits per heavy atom. The SMILES string of the molecule is CC(C)(C)OC(=O)CON=C(C(=O)NC1C(=O)N2C(C(=O)O)=C(CN=[N+]=[N-])CS[C@@H]12)c1csc(NC(c2ccccc2)(c2ccccc2)c2ccccc2)n1. The number of carbonyl (C=O) groups is 4. The summed E-state index contributed by atoms with van der Waals surface area (Å²) in [5.74, 6) is -3.43. The molecule has 1 aromatic heterocycles. The molecule has 2 atom stereocenters. The van der Waals surface area contributed by atoms with Crippen LogP contribution in [0.25, 0.3) is 10.4 Å². The largest absolute Gasteiger partial charge is 0.477 e. The topological polar surface area (TPSA) is 208 Å². The first-order valence-corrected chi connectivity index (χ1v) is 18.9. The van der Waals surface area contributed by atoms with Gasteiger partial charge in [0.15, 0.2) is 10.8 Å². The molecule has 2 amide bonds. The van der Waals surface area contributed by atoms with E-state index in [0.717, 1.165) is 21.6 Å². The number of amides is 2. The summed E-state index contributed by atoms with van der Waals surface area (Å²) in [4.78, 5) is 65.8. The molecule has 6 rings (SSSR count). The van der Waals surface area contributed by atoms with Gasteiger partial charge >= 0.3 is 11.9 Å². The third kappa shape index (κ3) is 8.33. The number of esters is 1. The Balaban J connectivity index is 1.33. The molecule has 0 bridgehead atoms. The minimum atomic E-state index is -1.36. The van der Waals surface area contributed by atoms with Crippen molar-refractivity contribution in [2.24, 2.45) is 10.3 Å². The number of azide groups is 1. The quantitative estimate of drug-likeness (QED) is 0.0209. The van der Waals surface area contributed by atoms with Crippen LogP contribution >= 0.6 is 23.1 Å². The van der Waals surface area contributed by atoms with Gasteiger partial charge in [-0.1, -0.05) is 101 Å². The predicted octanol–water partition coefficient (Wildman–Crippen LogP) is 5.66. The lowest BCUT2D eigenvalue weighted by molar-refractivity contribution is -0.160. The van der Waals surface area contributed by atoms with Gasteiger partial charge in [-0.2, -0.15) is 0 Å². The van der Waals surface area contributed by atoms with Crippen molar-refractivity contribution in [3.05, 3.63) is 140 Å². The molecule has 1 fully saturated rings. The van der Waals surface area contributed by atoms with Crippen LogP contribution in [0.15, 0.2) is 118 Å². The number of fused-ring (bicyclic) bond motifs is 1. The molecular formula is C38H36N8O7S2. The van der Waals surface area contributed by atoms with E-state index in [1.54, 1.807) is 26.2 Å². The Hall–Kier alpha value is -6.16. The van der Waals surface area contributed by atoms with Crippen molar-refractivity contribution in [1.82, 2.24) is 15.2 Å². The number of carboxylic acid groups (broad SMARTS) is 1. The van der Waals surface area contributed by atoms with Gasteiger partial charge < -0.3 is 25.3 Å². The number of carboxylic acids is 1. The summed E-state index contributed by atoms with van der Waals surface area (Å²) in [5, 5.41) is 24.9. The fourth-order valence-electron chi connectivity index (χ4n) is 6.24. The maximum absolute atomic E-state index is 14.0. The maximum atomic E-state index is 14.0. The zero-order valence-electron chi connectivity index (χ0n) is 29.9. The van der Waals surface area contributed by atoms with E-state index >= 15 is 0 Å². The number of β-lactam (4-membered cyclic amide) rings is 1. The van der Waals surface area contributed by atoms with Crippen LogP contribution in [-0.2, 0) is 34.3 Å². The van der Waals surface area contributed by atoms with E-state index in [1.807, 2.05) is 91.0 Å². The summed E-state index contributed by atoms with van der Waals surface area (Å²) < 4.78 is 5.31. The summed E-state index contributed by atoms with van der Waals surface area (Å²) in [6, 6.07) is 28.5. The third-order valence-corrected chi connectivity index (χ3v) is 10.6. The molecule has 0 spiro atoms. The summed E-state index contributed by atoms with van der Waals surface area (Å²) in [7, 11) is 0. The van der Waals surface area contributed by atoms with Gasteiger partial charge in [0.05, 0.1) is 6.54 Å². The minimum Gasteiger partial charge on any atom is -0.477 e. The molecule has 4 aromatic rings. The van der Waals surface area contributed by atoms with Crippen molar-refractivity contribution in [2.45, 2.75) is 43.3 Å². The number of ether oxygens (including phenoxy) is 1. The molecule has 0 radical (unpaired) electrons. The van der Waals surface area contributed by atoms with Crippen LogP contribution in [0.4, 0.5) is 5.13 Å². The van der Waals surface area contributed by atoms with Gasteiger partial charge in [0, 0.05) is 16.0 Å². The van der Waals surface area contributed by atoms with E-state index < -0.39 is 52.9 Å².